The SMILES string of the molecule is COc1ccccc1N(CCCN)CC1CN(C)CCO1. The topological polar surface area (TPSA) is 51.0 Å². The number of nitrogens with two attached hydrogens (primary N) is 1. The molecule has 5 heteroatoms. The first-order valence-electron chi connectivity index (χ1n) is 7.62. The number of benzene rings is 1. The van der Waals surface area contributed by atoms with E-state index in [0.29, 0.717) is 6.54 Å². The van der Waals surface area contributed by atoms with Crippen LogP contribution in [0.5, 0.6) is 5.75 Å². The van der Waals surface area contributed by atoms with E-state index in [2.05, 4.69) is 22.9 Å². The van der Waals surface area contributed by atoms with Gasteiger partial charge in [0.25, 0.3) is 0 Å². The third-order valence-corrected chi connectivity index (χ3v) is 3.82. The maximum Gasteiger partial charge on any atom is 0.142 e. The summed E-state index contributed by atoms with van der Waals surface area (Å²) in [5.74, 6) is 0.902. The van der Waals surface area contributed by atoms with Crippen LogP contribution in [-0.4, -0.2) is 64.5 Å². The molecule has 2 N–H and O–H groups in total. The van der Waals surface area contributed by atoms with Crippen molar-refractivity contribution in [3.8, 4) is 5.75 Å². The van der Waals surface area contributed by atoms with Gasteiger partial charge in [0.2, 0.25) is 0 Å². The van der Waals surface area contributed by atoms with Crippen molar-refractivity contribution in [2.24, 2.45) is 5.73 Å². The first-order valence-corrected chi connectivity index (χ1v) is 7.62. The van der Waals surface area contributed by atoms with E-state index in [0.717, 1.165) is 50.6 Å². The molecule has 1 aliphatic rings. The van der Waals surface area contributed by atoms with E-state index in [1.165, 1.54) is 0 Å². The molecule has 0 saturated carbocycles. The van der Waals surface area contributed by atoms with Crippen LogP contribution >= 0.6 is 0 Å². The molecule has 0 spiro atoms. The Bertz CT molecular complexity index is 428. The van der Waals surface area contributed by atoms with E-state index in [1.807, 2.05) is 18.2 Å². The monoisotopic (exact) mass is 293 g/mol. The van der Waals surface area contributed by atoms with Gasteiger partial charge in [-0.05, 0) is 32.1 Å². The fourth-order valence-electron chi connectivity index (χ4n) is 2.71. The van der Waals surface area contributed by atoms with Crippen molar-refractivity contribution in [2.45, 2.75) is 12.5 Å². The molecular weight excluding hydrogens is 266 g/mol. The van der Waals surface area contributed by atoms with Gasteiger partial charge < -0.3 is 25.0 Å². The summed E-state index contributed by atoms with van der Waals surface area (Å²) in [7, 11) is 3.85. The lowest BCUT2D eigenvalue weighted by atomic mass is 10.2. The first kappa shape index (κ1) is 16.1. The van der Waals surface area contributed by atoms with Crippen LogP contribution in [0.25, 0.3) is 0 Å². The second kappa shape index (κ2) is 8.22. The molecule has 1 atom stereocenters. The van der Waals surface area contributed by atoms with Gasteiger partial charge in [0.05, 0.1) is 25.5 Å². The molecule has 1 heterocycles. The zero-order valence-corrected chi connectivity index (χ0v) is 13.1. The second-order valence-electron chi connectivity index (χ2n) is 5.52. The van der Waals surface area contributed by atoms with E-state index in [-0.39, 0.29) is 6.10 Å². The van der Waals surface area contributed by atoms with Gasteiger partial charge >= 0.3 is 0 Å². The lowest BCUT2D eigenvalue weighted by Gasteiger charge is -2.35. The quantitative estimate of drug-likeness (QED) is 0.818. The number of nitrogens with zero attached hydrogens (tertiary/aromatic N) is 2. The highest BCUT2D eigenvalue weighted by Crippen LogP contribution is 2.28. The molecule has 1 unspecified atom stereocenters. The number of para-hydroxylation sites is 2. The number of hydrogen-bond acceptors (Lipinski definition) is 5. The van der Waals surface area contributed by atoms with Crippen molar-refractivity contribution in [1.29, 1.82) is 0 Å². The van der Waals surface area contributed by atoms with Crippen molar-refractivity contribution >= 4 is 5.69 Å². The highest BCUT2D eigenvalue weighted by Gasteiger charge is 2.22. The zero-order chi connectivity index (χ0) is 15.1. The number of morpholine rings is 1. The summed E-state index contributed by atoms with van der Waals surface area (Å²) in [5, 5.41) is 0. The Kier molecular flexibility index (Phi) is 6.29. The normalized spacial score (nSPS) is 19.5. The molecule has 1 aliphatic heterocycles. The third kappa shape index (κ3) is 4.59. The molecule has 0 bridgehead atoms. The first-order chi connectivity index (χ1) is 10.2. The average molecular weight is 293 g/mol. The summed E-state index contributed by atoms with van der Waals surface area (Å²) in [6, 6.07) is 8.13. The maximum atomic E-state index is 5.90. The lowest BCUT2D eigenvalue weighted by Crippen LogP contribution is -2.46. The Morgan fingerprint density at radius 1 is 1.43 bits per heavy atom. The molecule has 0 aliphatic carbocycles. The van der Waals surface area contributed by atoms with Crippen LogP contribution in [-0.2, 0) is 4.74 Å². The van der Waals surface area contributed by atoms with Crippen LogP contribution in [0.1, 0.15) is 6.42 Å². The molecule has 1 fully saturated rings. The largest absolute Gasteiger partial charge is 0.495 e. The van der Waals surface area contributed by atoms with E-state index in [1.54, 1.807) is 7.11 Å². The lowest BCUT2D eigenvalue weighted by molar-refractivity contribution is -0.0148. The Morgan fingerprint density at radius 3 is 2.95 bits per heavy atom. The molecule has 1 aromatic carbocycles. The standard InChI is InChI=1S/C16H27N3O2/c1-18-10-11-21-14(12-18)13-19(9-5-8-17)15-6-3-4-7-16(15)20-2/h3-4,6-7,14H,5,8-13,17H2,1-2H3. The summed E-state index contributed by atoms with van der Waals surface area (Å²) >= 11 is 0. The zero-order valence-electron chi connectivity index (χ0n) is 13.1. The van der Waals surface area contributed by atoms with Crippen molar-refractivity contribution in [2.75, 3.05) is 58.4 Å². The fraction of sp³-hybridized carbons (Fsp3) is 0.625. The summed E-state index contributed by atoms with van der Waals surface area (Å²) in [4.78, 5) is 4.65. The molecule has 0 aromatic heterocycles. The predicted octanol–water partition coefficient (Wildman–Crippen LogP) is 1.18. The molecule has 1 saturated heterocycles. The van der Waals surface area contributed by atoms with Crippen LogP contribution in [0, 0.1) is 0 Å². The van der Waals surface area contributed by atoms with E-state index in [4.69, 9.17) is 15.2 Å². The molecular formula is C16H27N3O2. The minimum atomic E-state index is 0.228. The molecule has 1 aromatic rings. The number of rotatable bonds is 7. The number of anilines is 1. The van der Waals surface area contributed by atoms with Crippen molar-refractivity contribution < 1.29 is 9.47 Å². The molecule has 0 radical (unpaired) electrons. The Morgan fingerprint density at radius 2 is 2.24 bits per heavy atom. The summed E-state index contributed by atoms with van der Waals surface area (Å²) in [6.07, 6.45) is 1.19. The minimum absolute atomic E-state index is 0.228. The smallest absolute Gasteiger partial charge is 0.142 e. The average Bonchev–Trinajstić information content (AvgIpc) is 2.51. The highest BCUT2D eigenvalue weighted by molar-refractivity contribution is 5.58. The van der Waals surface area contributed by atoms with Crippen LogP contribution < -0.4 is 15.4 Å². The maximum absolute atomic E-state index is 5.90. The third-order valence-electron chi connectivity index (χ3n) is 3.82. The molecule has 118 valence electrons. The Labute approximate surface area is 127 Å². The second-order valence-corrected chi connectivity index (χ2v) is 5.52. The van der Waals surface area contributed by atoms with E-state index in [9.17, 15) is 0 Å². The number of hydrogen-bond donors (Lipinski definition) is 1. The number of likely N-dealkylation sites (N-methyl/N-ethyl adjacent to an activating group) is 1. The molecule has 2 rings (SSSR count). The highest BCUT2D eigenvalue weighted by atomic mass is 16.5. The van der Waals surface area contributed by atoms with Gasteiger partial charge in [0, 0.05) is 26.2 Å². The predicted molar refractivity (Wildman–Crippen MR) is 86.1 cm³/mol. The minimum Gasteiger partial charge on any atom is -0.495 e. The van der Waals surface area contributed by atoms with Crippen LogP contribution in [0.2, 0.25) is 0 Å². The van der Waals surface area contributed by atoms with Gasteiger partial charge in [-0.3, -0.25) is 0 Å². The van der Waals surface area contributed by atoms with Crippen molar-refractivity contribution in [1.82, 2.24) is 4.90 Å². The van der Waals surface area contributed by atoms with Crippen LogP contribution in [0.4, 0.5) is 5.69 Å². The Hall–Kier alpha value is -1.30. The fourth-order valence-corrected chi connectivity index (χ4v) is 2.71. The van der Waals surface area contributed by atoms with Gasteiger partial charge in [0.1, 0.15) is 5.75 Å². The summed E-state index contributed by atoms with van der Waals surface area (Å²) in [5.41, 5.74) is 6.80. The van der Waals surface area contributed by atoms with Crippen LogP contribution in [0.3, 0.4) is 0 Å². The molecule has 5 nitrogen and oxygen atoms in total. The summed E-state index contributed by atoms with van der Waals surface area (Å²) < 4.78 is 11.4. The van der Waals surface area contributed by atoms with E-state index < -0.39 is 0 Å². The van der Waals surface area contributed by atoms with Crippen molar-refractivity contribution in [3.63, 3.8) is 0 Å². The molecule has 0 amide bonds. The van der Waals surface area contributed by atoms with Gasteiger partial charge in [-0.25, -0.2) is 0 Å². The summed E-state index contributed by atoms with van der Waals surface area (Å²) in [6.45, 7) is 5.25. The number of ether oxygens (including phenoxy) is 2. The van der Waals surface area contributed by atoms with Crippen molar-refractivity contribution in [3.05, 3.63) is 24.3 Å². The number of methoxy groups -OCH3 is 1. The van der Waals surface area contributed by atoms with Gasteiger partial charge in [-0.2, -0.15) is 0 Å². The Balaban J connectivity index is 2.09. The van der Waals surface area contributed by atoms with Crippen LogP contribution in [0.15, 0.2) is 24.3 Å². The van der Waals surface area contributed by atoms with Gasteiger partial charge in [0.15, 0.2) is 0 Å². The van der Waals surface area contributed by atoms with E-state index >= 15 is 0 Å². The van der Waals surface area contributed by atoms with Gasteiger partial charge in [-0.15, -0.1) is 0 Å². The van der Waals surface area contributed by atoms with Gasteiger partial charge in [-0.1, -0.05) is 12.1 Å². The molecule has 21 heavy (non-hydrogen) atoms.